The quantitative estimate of drug-likeness (QED) is 0.577. The average molecular weight is 270 g/mol. The molecule has 82 valence electrons. The van der Waals surface area contributed by atoms with Crippen LogP contribution in [-0.2, 0) is 0 Å². The lowest BCUT2D eigenvalue weighted by Gasteiger charge is -2.00. The summed E-state index contributed by atoms with van der Waals surface area (Å²) in [4.78, 5) is 15.7. The summed E-state index contributed by atoms with van der Waals surface area (Å²) in [6, 6.07) is 1.83. The second kappa shape index (κ2) is 6.72. The Labute approximate surface area is 99.2 Å². The van der Waals surface area contributed by atoms with Gasteiger partial charge in [0.05, 0.1) is 0 Å². The number of carbonyl (C=O) groups is 1. The monoisotopic (exact) mass is 269 g/mol. The highest BCUT2D eigenvalue weighted by atomic mass is 79.9. The average Bonchev–Trinajstić information content (AvgIpc) is 2.24. The van der Waals surface area contributed by atoms with Crippen molar-refractivity contribution in [3.8, 4) is 0 Å². The fourth-order valence-corrected chi connectivity index (χ4v) is 1.79. The summed E-state index contributed by atoms with van der Waals surface area (Å²) in [5, 5.41) is 0. The first-order valence-electron chi connectivity index (χ1n) is 5.37. The molecule has 0 N–H and O–H groups in total. The van der Waals surface area contributed by atoms with Crippen LogP contribution in [0, 0.1) is 0 Å². The Morgan fingerprint density at radius 3 is 2.80 bits per heavy atom. The molecule has 0 atom stereocenters. The molecule has 0 aliphatic heterocycles. The Morgan fingerprint density at radius 1 is 1.33 bits per heavy atom. The molecule has 15 heavy (non-hydrogen) atoms. The van der Waals surface area contributed by atoms with Crippen molar-refractivity contribution in [1.82, 2.24) is 4.98 Å². The van der Waals surface area contributed by atoms with E-state index in [4.69, 9.17) is 0 Å². The summed E-state index contributed by atoms with van der Waals surface area (Å²) >= 11 is 3.31. The van der Waals surface area contributed by atoms with Crippen molar-refractivity contribution in [3.05, 3.63) is 28.5 Å². The zero-order chi connectivity index (χ0) is 11.1. The third-order valence-corrected chi connectivity index (χ3v) is 2.72. The summed E-state index contributed by atoms with van der Waals surface area (Å²) < 4.78 is 0.863. The summed E-state index contributed by atoms with van der Waals surface area (Å²) in [5.74, 6) is 0.194. The molecule has 3 heteroatoms. The van der Waals surface area contributed by atoms with Gasteiger partial charge in [0.15, 0.2) is 5.78 Å². The van der Waals surface area contributed by atoms with E-state index in [1.165, 1.54) is 12.8 Å². The van der Waals surface area contributed by atoms with Crippen LogP contribution in [0.15, 0.2) is 22.9 Å². The summed E-state index contributed by atoms with van der Waals surface area (Å²) in [7, 11) is 0. The van der Waals surface area contributed by atoms with E-state index in [-0.39, 0.29) is 5.78 Å². The lowest BCUT2D eigenvalue weighted by atomic mass is 10.1. The van der Waals surface area contributed by atoms with E-state index in [2.05, 4.69) is 27.8 Å². The molecule has 0 fully saturated rings. The molecule has 0 aromatic carbocycles. The standard InChI is InChI=1S/C12H16BrNO/c1-2-3-4-5-6-12(15)10-7-11(13)9-14-8-10/h7-9H,2-6H2,1H3. The van der Waals surface area contributed by atoms with Crippen LogP contribution in [-0.4, -0.2) is 10.8 Å². The van der Waals surface area contributed by atoms with Gasteiger partial charge in [0, 0.05) is 28.9 Å². The van der Waals surface area contributed by atoms with Gasteiger partial charge in [-0.05, 0) is 28.4 Å². The number of hydrogen-bond acceptors (Lipinski definition) is 2. The highest BCUT2D eigenvalue weighted by Gasteiger charge is 2.05. The van der Waals surface area contributed by atoms with Crippen molar-refractivity contribution in [2.45, 2.75) is 39.0 Å². The summed E-state index contributed by atoms with van der Waals surface area (Å²) in [6.07, 6.45) is 8.50. The number of rotatable bonds is 6. The van der Waals surface area contributed by atoms with Gasteiger partial charge in [0.25, 0.3) is 0 Å². The molecule has 1 heterocycles. The van der Waals surface area contributed by atoms with E-state index in [1.54, 1.807) is 12.4 Å². The summed E-state index contributed by atoms with van der Waals surface area (Å²) in [5.41, 5.74) is 0.709. The first kappa shape index (κ1) is 12.4. The minimum absolute atomic E-state index is 0.194. The number of hydrogen-bond donors (Lipinski definition) is 0. The molecule has 2 nitrogen and oxygen atoms in total. The molecule has 1 aromatic heterocycles. The molecular formula is C12H16BrNO. The first-order valence-corrected chi connectivity index (χ1v) is 6.17. The fourth-order valence-electron chi connectivity index (χ4n) is 1.42. The Morgan fingerprint density at radius 2 is 2.13 bits per heavy atom. The summed E-state index contributed by atoms with van der Waals surface area (Å²) in [6.45, 7) is 2.17. The lowest BCUT2D eigenvalue weighted by molar-refractivity contribution is 0.0978. The zero-order valence-electron chi connectivity index (χ0n) is 9.00. The Bertz CT molecular complexity index is 325. The number of ketones is 1. The zero-order valence-corrected chi connectivity index (χ0v) is 10.6. The maximum Gasteiger partial charge on any atom is 0.164 e. The van der Waals surface area contributed by atoms with Crippen LogP contribution in [0.2, 0.25) is 0 Å². The van der Waals surface area contributed by atoms with E-state index < -0.39 is 0 Å². The van der Waals surface area contributed by atoms with E-state index in [9.17, 15) is 4.79 Å². The topological polar surface area (TPSA) is 30.0 Å². The normalized spacial score (nSPS) is 10.3. The van der Waals surface area contributed by atoms with Crippen LogP contribution in [0.3, 0.4) is 0 Å². The van der Waals surface area contributed by atoms with Crippen molar-refractivity contribution in [3.63, 3.8) is 0 Å². The third-order valence-electron chi connectivity index (χ3n) is 2.28. The van der Waals surface area contributed by atoms with Crippen molar-refractivity contribution in [2.24, 2.45) is 0 Å². The van der Waals surface area contributed by atoms with E-state index in [0.717, 1.165) is 17.3 Å². The minimum Gasteiger partial charge on any atom is -0.294 e. The molecule has 0 saturated heterocycles. The molecule has 0 aliphatic rings. The highest BCUT2D eigenvalue weighted by molar-refractivity contribution is 9.10. The van der Waals surface area contributed by atoms with Gasteiger partial charge in [0.2, 0.25) is 0 Å². The Kier molecular flexibility index (Phi) is 5.54. The second-order valence-corrected chi connectivity index (χ2v) is 4.54. The maximum atomic E-state index is 11.7. The van der Waals surface area contributed by atoms with Crippen molar-refractivity contribution in [1.29, 1.82) is 0 Å². The van der Waals surface area contributed by atoms with Gasteiger partial charge >= 0.3 is 0 Å². The molecule has 0 saturated carbocycles. The van der Waals surface area contributed by atoms with Gasteiger partial charge in [-0.25, -0.2) is 0 Å². The van der Waals surface area contributed by atoms with Crippen LogP contribution in [0.5, 0.6) is 0 Å². The molecule has 1 aromatic rings. The lowest BCUT2D eigenvalue weighted by Crippen LogP contribution is -1.99. The molecule has 0 aliphatic carbocycles. The van der Waals surface area contributed by atoms with Crippen LogP contribution < -0.4 is 0 Å². The van der Waals surface area contributed by atoms with Crippen molar-refractivity contribution in [2.75, 3.05) is 0 Å². The SMILES string of the molecule is CCCCCCC(=O)c1cncc(Br)c1. The van der Waals surface area contributed by atoms with E-state index in [0.29, 0.717) is 12.0 Å². The van der Waals surface area contributed by atoms with Gasteiger partial charge in [0.1, 0.15) is 0 Å². The largest absolute Gasteiger partial charge is 0.294 e. The predicted octanol–water partition coefficient (Wildman–Crippen LogP) is 4.00. The number of pyridine rings is 1. The molecule has 0 radical (unpaired) electrons. The smallest absolute Gasteiger partial charge is 0.164 e. The Balaban J connectivity index is 2.40. The number of nitrogens with zero attached hydrogens (tertiary/aromatic N) is 1. The molecule has 0 amide bonds. The maximum absolute atomic E-state index is 11.7. The third kappa shape index (κ3) is 4.56. The van der Waals surface area contributed by atoms with Crippen LogP contribution >= 0.6 is 15.9 Å². The van der Waals surface area contributed by atoms with Gasteiger partial charge in [-0.2, -0.15) is 0 Å². The Hall–Kier alpha value is -0.700. The van der Waals surface area contributed by atoms with Gasteiger partial charge in [-0.3, -0.25) is 9.78 Å². The van der Waals surface area contributed by atoms with E-state index >= 15 is 0 Å². The van der Waals surface area contributed by atoms with Crippen LogP contribution in [0.4, 0.5) is 0 Å². The number of carbonyl (C=O) groups excluding carboxylic acids is 1. The minimum atomic E-state index is 0.194. The molecule has 0 bridgehead atoms. The number of unbranched alkanes of at least 4 members (excludes halogenated alkanes) is 3. The van der Waals surface area contributed by atoms with Crippen LogP contribution in [0.1, 0.15) is 49.4 Å². The second-order valence-electron chi connectivity index (χ2n) is 3.63. The molecule has 0 unspecified atom stereocenters. The molecular weight excluding hydrogens is 254 g/mol. The van der Waals surface area contributed by atoms with Gasteiger partial charge < -0.3 is 0 Å². The van der Waals surface area contributed by atoms with Gasteiger partial charge in [-0.1, -0.05) is 26.2 Å². The first-order chi connectivity index (χ1) is 7.24. The van der Waals surface area contributed by atoms with Crippen molar-refractivity contribution < 1.29 is 4.79 Å². The number of Topliss-reactive ketones (excluding diaryl/α,β-unsaturated/α-hetero) is 1. The number of aromatic nitrogens is 1. The van der Waals surface area contributed by atoms with E-state index in [1.807, 2.05) is 6.07 Å². The van der Waals surface area contributed by atoms with Crippen LogP contribution in [0.25, 0.3) is 0 Å². The van der Waals surface area contributed by atoms with Crippen molar-refractivity contribution >= 4 is 21.7 Å². The fraction of sp³-hybridized carbons (Fsp3) is 0.500. The highest BCUT2D eigenvalue weighted by Crippen LogP contribution is 2.13. The molecule has 0 spiro atoms. The predicted molar refractivity (Wildman–Crippen MR) is 65.0 cm³/mol. The molecule has 1 rings (SSSR count). The van der Waals surface area contributed by atoms with Gasteiger partial charge in [-0.15, -0.1) is 0 Å². The number of halogens is 1.